The highest BCUT2D eigenvalue weighted by Crippen LogP contribution is 2.34. The van der Waals surface area contributed by atoms with E-state index in [1.807, 2.05) is 40.7 Å². The highest BCUT2D eigenvalue weighted by molar-refractivity contribution is 6.03. The number of rotatable bonds is 9. The molecule has 0 saturated heterocycles. The molecule has 0 bridgehead atoms. The summed E-state index contributed by atoms with van der Waals surface area (Å²) in [5.74, 6) is 0.643. The maximum Gasteiger partial charge on any atom is 0.271 e. The number of carbonyl (C=O) groups excluding carboxylic acids is 2. The van der Waals surface area contributed by atoms with Crippen molar-refractivity contribution >= 4 is 22.7 Å². The fourth-order valence-corrected chi connectivity index (χ4v) is 5.59. The third kappa shape index (κ3) is 4.67. The summed E-state index contributed by atoms with van der Waals surface area (Å²) in [6.07, 6.45) is 6.42. The third-order valence-corrected chi connectivity index (χ3v) is 7.82. The van der Waals surface area contributed by atoms with Gasteiger partial charge in [-0.2, -0.15) is 0 Å². The normalized spacial score (nSPS) is 21.2. The zero-order chi connectivity index (χ0) is 24.3. The lowest BCUT2D eigenvalue weighted by Gasteiger charge is -2.45. The molecule has 1 aliphatic heterocycles. The number of methoxy groups -OCH3 is 1. The van der Waals surface area contributed by atoms with E-state index in [4.69, 9.17) is 4.74 Å². The Labute approximate surface area is 203 Å². The predicted molar refractivity (Wildman–Crippen MR) is 135 cm³/mol. The summed E-state index contributed by atoms with van der Waals surface area (Å²) in [6, 6.07) is 8.01. The van der Waals surface area contributed by atoms with Crippen LogP contribution in [0, 0.1) is 0 Å². The van der Waals surface area contributed by atoms with Gasteiger partial charge in [0.15, 0.2) is 0 Å². The van der Waals surface area contributed by atoms with E-state index in [9.17, 15) is 9.59 Å². The summed E-state index contributed by atoms with van der Waals surface area (Å²) in [4.78, 5) is 31.8. The molecule has 2 aromatic rings. The van der Waals surface area contributed by atoms with Crippen molar-refractivity contribution in [2.24, 2.45) is 0 Å². The molecule has 0 radical (unpaired) electrons. The molecule has 2 amide bonds. The largest absolute Gasteiger partial charge is 0.497 e. The Morgan fingerprint density at radius 3 is 2.59 bits per heavy atom. The number of nitrogens with zero attached hydrogens (tertiary/aromatic N) is 3. The van der Waals surface area contributed by atoms with Crippen LogP contribution in [0.4, 0.5) is 0 Å². The number of amides is 2. The second kappa shape index (κ2) is 10.4. The summed E-state index contributed by atoms with van der Waals surface area (Å²) in [6.45, 7) is 10.1. The zero-order valence-corrected chi connectivity index (χ0v) is 21.2. The van der Waals surface area contributed by atoms with E-state index in [-0.39, 0.29) is 17.9 Å². The van der Waals surface area contributed by atoms with Gasteiger partial charge < -0.3 is 24.4 Å². The van der Waals surface area contributed by atoms with Gasteiger partial charge in [0, 0.05) is 24.0 Å². The highest BCUT2D eigenvalue weighted by Gasteiger charge is 2.47. The van der Waals surface area contributed by atoms with E-state index >= 15 is 0 Å². The van der Waals surface area contributed by atoms with E-state index in [0.717, 1.165) is 68.4 Å². The van der Waals surface area contributed by atoms with Gasteiger partial charge >= 0.3 is 0 Å². The number of fused-ring (bicyclic) bond motifs is 3. The van der Waals surface area contributed by atoms with E-state index in [1.165, 1.54) is 6.42 Å². The van der Waals surface area contributed by atoms with Crippen molar-refractivity contribution in [1.29, 1.82) is 0 Å². The van der Waals surface area contributed by atoms with Gasteiger partial charge in [-0.1, -0.05) is 33.1 Å². The number of carbonyl (C=O) groups is 2. The van der Waals surface area contributed by atoms with Crippen molar-refractivity contribution in [3.63, 3.8) is 0 Å². The minimum absolute atomic E-state index is 0.0361. The van der Waals surface area contributed by atoms with Gasteiger partial charge in [-0.05, 0) is 64.0 Å². The molecule has 1 aromatic carbocycles. The molecule has 0 spiro atoms. The van der Waals surface area contributed by atoms with Crippen LogP contribution in [0.5, 0.6) is 5.75 Å². The van der Waals surface area contributed by atoms with Gasteiger partial charge in [-0.25, -0.2) is 0 Å². The van der Waals surface area contributed by atoms with Crippen molar-refractivity contribution in [3.8, 4) is 5.75 Å². The average Bonchev–Trinajstić information content (AvgIpc) is 3.21. The quantitative estimate of drug-likeness (QED) is 0.603. The molecule has 2 aliphatic rings. The molecule has 1 fully saturated rings. The highest BCUT2D eigenvalue weighted by atomic mass is 16.5. The topological polar surface area (TPSA) is 66.8 Å². The number of aromatic nitrogens is 1. The minimum atomic E-state index is -0.945. The Morgan fingerprint density at radius 2 is 1.91 bits per heavy atom. The number of nitrogens with one attached hydrogen (secondary N) is 1. The van der Waals surface area contributed by atoms with E-state index in [2.05, 4.69) is 24.1 Å². The first kappa shape index (κ1) is 24.6. The molecular weight excluding hydrogens is 428 g/mol. The molecule has 186 valence electrons. The molecule has 0 unspecified atom stereocenters. The Balaban J connectivity index is 1.66. The standard InChI is InChI=1S/C27H40N4O3/c1-5-29(6-2)15-10-16-31-25(32)24-17-20-13-14-22(34-4)18-23(20)30(24)19-27(31,3)26(33)28-21-11-8-7-9-12-21/h13-14,17-18,21H,5-12,15-16,19H2,1-4H3,(H,28,33)/t27-/m0/s1. The van der Waals surface area contributed by atoms with Crippen LogP contribution >= 0.6 is 0 Å². The van der Waals surface area contributed by atoms with Crippen molar-refractivity contribution in [2.45, 2.75) is 77.4 Å². The Kier molecular flexibility index (Phi) is 7.51. The average molecular weight is 469 g/mol. The van der Waals surface area contributed by atoms with Gasteiger partial charge in [0.05, 0.1) is 19.2 Å². The third-order valence-electron chi connectivity index (χ3n) is 7.82. The zero-order valence-electron chi connectivity index (χ0n) is 21.2. The van der Waals surface area contributed by atoms with Gasteiger partial charge in [0.25, 0.3) is 5.91 Å². The van der Waals surface area contributed by atoms with Crippen LogP contribution in [0.1, 0.15) is 69.8 Å². The smallest absolute Gasteiger partial charge is 0.271 e. The van der Waals surface area contributed by atoms with Gasteiger partial charge in [-0.15, -0.1) is 0 Å². The summed E-state index contributed by atoms with van der Waals surface area (Å²) >= 11 is 0. The molecule has 1 N–H and O–H groups in total. The fraction of sp³-hybridized carbons (Fsp3) is 0.630. The maximum atomic E-state index is 13.8. The van der Waals surface area contributed by atoms with Gasteiger partial charge in [-0.3, -0.25) is 9.59 Å². The lowest BCUT2D eigenvalue weighted by molar-refractivity contribution is -0.133. The maximum absolute atomic E-state index is 13.8. The summed E-state index contributed by atoms with van der Waals surface area (Å²) in [7, 11) is 1.64. The summed E-state index contributed by atoms with van der Waals surface area (Å²) in [5, 5.41) is 4.30. The Morgan fingerprint density at radius 1 is 1.18 bits per heavy atom. The number of benzene rings is 1. The van der Waals surface area contributed by atoms with Crippen molar-refractivity contribution in [2.75, 3.05) is 33.3 Å². The molecule has 7 heteroatoms. The van der Waals surface area contributed by atoms with E-state index < -0.39 is 5.54 Å². The lowest BCUT2D eigenvalue weighted by atomic mass is 9.91. The first-order valence-electron chi connectivity index (χ1n) is 12.9. The van der Waals surface area contributed by atoms with E-state index in [1.54, 1.807) is 7.11 Å². The number of hydrogen-bond donors (Lipinski definition) is 1. The summed E-state index contributed by atoms with van der Waals surface area (Å²) in [5.41, 5.74) is 0.635. The van der Waals surface area contributed by atoms with Crippen LogP contribution in [-0.4, -0.2) is 71.1 Å². The first-order valence-corrected chi connectivity index (χ1v) is 12.9. The van der Waals surface area contributed by atoms with Crippen molar-refractivity contribution < 1.29 is 14.3 Å². The monoisotopic (exact) mass is 468 g/mol. The Hall–Kier alpha value is -2.54. The van der Waals surface area contributed by atoms with Crippen LogP contribution in [-0.2, 0) is 11.3 Å². The predicted octanol–water partition coefficient (Wildman–Crippen LogP) is 4.05. The van der Waals surface area contributed by atoms with Crippen molar-refractivity contribution in [1.82, 2.24) is 19.7 Å². The molecule has 1 saturated carbocycles. The second-order valence-corrected chi connectivity index (χ2v) is 9.96. The first-order chi connectivity index (χ1) is 16.4. The SMILES string of the molecule is CCN(CC)CCCN1C(=O)c2cc3ccc(OC)cc3n2C[C@@]1(C)C(=O)NC1CCCCC1. The molecule has 1 atom stereocenters. The van der Waals surface area contributed by atoms with Crippen LogP contribution in [0.25, 0.3) is 10.9 Å². The fourth-order valence-electron chi connectivity index (χ4n) is 5.59. The van der Waals surface area contributed by atoms with Crippen LogP contribution in [0.3, 0.4) is 0 Å². The molecule has 4 rings (SSSR count). The molecule has 1 aromatic heterocycles. The van der Waals surface area contributed by atoms with Crippen LogP contribution in [0.15, 0.2) is 24.3 Å². The number of hydrogen-bond acceptors (Lipinski definition) is 4. The molecule has 2 heterocycles. The van der Waals surface area contributed by atoms with Crippen molar-refractivity contribution in [3.05, 3.63) is 30.0 Å². The second-order valence-electron chi connectivity index (χ2n) is 9.96. The number of ether oxygens (including phenoxy) is 1. The molecule has 7 nitrogen and oxygen atoms in total. The molecular formula is C27H40N4O3. The van der Waals surface area contributed by atoms with Crippen LogP contribution in [0.2, 0.25) is 0 Å². The van der Waals surface area contributed by atoms with Gasteiger partial charge in [0.2, 0.25) is 5.91 Å². The molecule has 34 heavy (non-hydrogen) atoms. The lowest BCUT2D eigenvalue weighted by Crippen LogP contribution is -2.65. The minimum Gasteiger partial charge on any atom is -0.497 e. The van der Waals surface area contributed by atoms with E-state index in [0.29, 0.717) is 18.8 Å². The van der Waals surface area contributed by atoms with Gasteiger partial charge in [0.1, 0.15) is 17.0 Å². The molecule has 1 aliphatic carbocycles. The summed E-state index contributed by atoms with van der Waals surface area (Å²) < 4.78 is 7.45. The Bertz CT molecular complexity index is 1020. The van der Waals surface area contributed by atoms with Crippen LogP contribution < -0.4 is 10.1 Å².